The third-order valence-corrected chi connectivity index (χ3v) is 4.03. The zero-order valence-corrected chi connectivity index (χ0v) is 13.6. The number of hydrogen-bond acceptors (Lipinski definition) is 2. The lowest BCUT2D eigenvalue weighted by atomic mass is 9.89. The van der Waals surface area contributed by atoms with Crippen LogP contribution in [0.15, 0.2) is 0 Å². The van der Waals surface area contributed by atoms with E-state index < -0.39 is 0 Å². The van der Waals surface area contributed by atoms with E-state index >= 15 is 0 Å². The van der Waals surface area contributed by atoms with E-state index in [2.05, 4.69) is 63.2 Å². The van der Waals surface area contributed by atoms with Gasteiger partial charge in [-0.2, -0.15) is 0 Å². The Morgan fingerprint density at radius 2 is 1.53 bits per heavy atom. The van der Waals surface area contributed by atoms with Crippen LogP contribution in [-0.4, -0.2) is 48.1 Å². The van der Waals surface area contributed by atoms with Gasteiger partial charge in [0.1, 0.15) is 0 Å². The Balaban J connectivity index is 1.63. The molecule has 0 spiro atoms. The normalized spacial score (nSPS) is 23.5. The van der Waals surface area contributed by atoms with Crippen molar-refractivity contribution >= 4 is 0 Å². The summed E-state index contributed by atoms with van der Waals surface area (Å²) in [6.07, 6.45) is 0. The van der Waals surface area contributed by atoms with E-state index in [0.29, 0.717) is 11.5 Å². The van der Waals surface area contributed by atoms with Gasteiger partial charge in [-0.25, -0.2) is 0 Å². The monoisotopic (exact) mass is 262 g/mol. The molecular formula is C17H30N2. The number of likely N-dealkylation sites (tertiary alicyclic amines) is 2. The molecule has 2 aliphatic heterocycles. The summed E-state index contributed by atoms with van der Waals surface area (Å²) in [4.78, 5) is 5.15. The second-order valence-corrected chi connectivity index (χ2v) is 8.38. The molecule has 0 aromatic heterocycles. The third-order valence-electron chi connectivity index (χ3n) is 4.03. The Kier molecular flexibility index (Phi) is 4.00. The average Bonchev–Trinajstić information content (AvgIpc) is 2.07. The Hall–Kier alpha value is -0.520. The molecule has 0 aliphatic carbocycles. The average molecular weight is 262 g/mol. The van der Waals surface area contributed by atoms with Crippen LogP contribution in [0.1, 0.15) is 41.5 Å². The van der Waals surface area contributed by atoms with Crippen molar-refractivity contribution in [1.29, 1.82) is 0 Å². The maximum atomic E-state index is 3.43. The van der Waals surface area contributed by atoms with Crippen LogP contribution in [0.25, 0.3) is 0 Å². The quantitative estimate of drug-likeness (QED) is 0.706. The van der Waals surface area contributed by atoms with Crippen molar-refractivity contribution < 1.29 is 0 Å². The van der Waals surface area contributed by atoms with Crippen molar-refractivity contribution in [2.24, 2.45) is 17.3 Å². The zero-order valence-electron chi connectivity index (χ0n) is 13.6. The summed E-state index contributed by atoms with van der Waals surface area (Å²) in [5, 5.41) is 0. The highest BCUT2D eigenvalue weighted by Crippen LogP contribution is 2.27. The molecule has 2 nitrogen and oxygen atoms in total. The van der Waals surface area contributed by atoms with Crippen LogP contribution >= 0.6 is 0 Å². The highest BCUT2D eigenvalue weighted by molar-refractivity contribution is 5.13. The molecular weight excluding hydrogens is 232 g/mol. The van der Waals surface area contributed by atoms with Crippen molar-refractivity contribution in [3.05, 3.63) is 0 Å². The molecule has 108 valence electrons. The van der Waals surface area contributed by atoms with Crippen LogP contribution < -0.4 is 0 Å². The summed E-state index contributed by atoms with van der Waals surface area (Å²) < 4.78 is 0. The standard InChI is InChI=1S/C17H30N2/c1-16(2,3)8-7-14-9-18(10-14)11-15-12-19(13-15)17(4,5)6/h14-15H,9-13H2,1-6H3. The summed E-state index contributed by atoms with van der Waals surface area (Å²) in [6.45, 7) is 19.7. The predicted octanol–water partition coefficient (Wildman–Crippen LogP) is 2.70. The molecule has 2 heteroatoms. The minimum atomic E-state index is 0.154. The Morgan fingerprint density at radius 1 is 0.947 bits per heavy atom. The highest BCUT2D eigenvalue weighted by atomic mass is 15.3. The van der Waals surface area contributed by atoms with Gasteiger partial charge in [0.25, 0.3) is 0 Å². The molecule has 0 aromatic carbocycles. The van der Waals surface area contributed by atoms with Gasteiger partial charge in [-0.15, -0.1) is 0 Å². The second kappa shape index (κ2) is 5.11. The first-order valence-electron chi connectivity index (χ1n) is 7.63. The minimum absolute atomic E-state index is 0.154. The lowest BCUT2D eigenvalue weighted by Gasteiger charge is -2.50. The molecule has 0 aromatic rings. The smallest absolute Gasteiger partial charge is 0.0457 e. The molecule has 19 heavy (non-hydrogen) atoms. The summed E-state index contributed by atoms with van der Waals surface area (Å²) in [6, 6.07) is 0. The third kappa shape index (κ3) is 4.23. The van der Waals surface area contributed by atoms with Crippen LogP contribution in [0.5, 0.6) is 0 Å². The van der Waals surface area contributed by atoms with Gasteiger partial charge in [-0.05, 0) is 47.5 Å². The van der Waals surface area contributed by atoms with Gasteiger partial charge >= 0.3 is 0 Å². The van der Waals surface area contributed by atoms with E-state index in [1.807, 2.05) is 0 Å². The molecule has 0 N–H and O–H groups in total. The van der Waals surface area contributed by atoms with Gasteiger partial charge in [0.15, 0.2) is 0 Å². The van der Waals surface area contributed by atoms with Crippen molar-refractivity contribution in [2.75, 3.05) is 32.7 Å². The van der Waals surface area contributed by atoms with Crippen LogP contribution in [-0.2, 0) is 0 Å². The molecule has 0 radical (unpaired) electrons. The fourth-order valence-corrected chi connectivity index (χ4v) is 2.73. The van der Waals surface area contributed by atoms with E-state index in [0.717, 1.165) is 5.92 Å². The summed E-state index contributed by atoms with van der Waals surface area (Å²) in [7, 11) is 0. The minimum Gasteiger partial charge on any atom is -0.300 e. The lowest BCUT2D eigenvalue weighted by molar-refractivity contribution is -0.0163. The van der Waals surface area contributed by atoms with E-state index in [4.69, 9.17) is 0 Å². The first kappa shape index (κ1) is 14.9. The molecule has 0 unspecified atom stereocenters. The number of rotatable bonds is 2. The fraction of sp³-hybridized carbons (Fsp3) is 0.882. The van der Waals surface area contributed by atoms with E-state index in [9.17, 15) is 0 Å². The second-order valence-electron chi connectivity index (χ2n) is 8.38. The molecule has 2 saturated heterocycles. The van der Waals surface area contributed by atoms with Gasteiger partial charge in [0.2, 0.25) is 0 Å². The van der Waals surface area contributed by atoms with E-state index in [1.54, 1.807) is 0 Å². The lowest BCUT2D eigenvalue weighted by Crippen LogP contribution is -2.60. The van der Waals surface area contributed by atoms with Crippen LogP contribution in [0, 0.1) is 29.1 Å². The van der Waals surface area contributed by atoms with Crippen molar-refractivity contribution in [1.82, 2.24) is 9.80 Å². The van der Waals surface area contributed by atoms with Gasteiger partial charge in [0.05, 0.1) is 0 Å². The van der Waals surface area contributed by atoms with E-state index in [1.165, 1.54) is 32.7 Å². The van der Waals surface area contributed by atoms with Crippen molar-refractivity contribution in [2.45, 2.75) is 47.1 Å². The van der Waals surface area contributed by atoms with Crippen LogP contribution in [0.3, 0.4) is 0 Å². The maximum absolute atomic E-state index is 3.43. The first-order chi connectivity index (χ1) is 8.63. The molecule has 0 amide bonds. The topological polar surface area (TPSA) is 6.48 Å². The van der Waals surface area contributed by atoms with Crippen molar-refractivity contribution in [3.63, 3.8) is 0 Å². The Morgan fingerprint density at radius 3 is 2.00 bits per heavy atom. The highest BCUT2D eigenvalue weighted by Gasteiger charge is 2.37. The fourth-order valence-electron chi connectivity index (χ4n) is 2.73. The number of nitrogens with zero attached hydrogens (tertiary/aromatic N) is 2. The van der Waals surface area contributed by atoms with Gasteiger partial charge in [-0.1, -0.05) is 11.8 Å². The summed E-state index contributed by atoms with van der Waals surface area (Å²) in [5.74, 6) is 8.31. The molecule has 2 rings (SSSR count). The van der Waals surface area contributed by atoms with Gasteiger partial charge in [0, 0.05) is 49.6 Å². The molecule has 2 fully saturated rings. The maximum Gasteiger partial charge on any atom is 0.0457 e. The summed E-state index contributed by atoms with van der Waals surface area (Å²) in [5.41, 5.74) is 0.508. The first-order valence-corrected chi connectivity index (χ1v) is 7.63. The van der Waals surface area contributed by atoms with Crippen LogP contribution in [0.4, 0.5) is 0 Å². The zero-order chi connectivity index (χ0) is 14.3. The Bertz CT molecular complexity index is 363. The molecule has 2 heterocycles. The van der Waals surface area contributed by atoms with Gasteiger partial charge in [-0.3, -0.25) is 4.90 Å². The number of hydrogen-bond donors (Lipinski definition) is 0. The molecule has 0 atom stereocenters. The van der Waals surface area contributed by atoms with Gasteiger partial charge < -0.3 is 4.90 Å². The predicted molar refractivity (Wildman–Crippen MR) is 82.0 cm³/mol. The molecule has 0 saturated carbocycles. The molecule has 2 aliphatic rings. The largest absolute Gasteiger partial charge is 0.300 e. The van der Waals surface area contributed by atoms with E-state index in [-0.39, 0.29) is 5.41 Å². The SMILES string of the molecule is CC(C)(C)C#CC1CN(CC2CN(C(C)(C)C)C2)C1. The van der Waals surface area contributed by atoms with Crippen molar-refractivity contribution in [3.8, 4) is 11.8 Å². The summed E-state index contributed by atoms with van der Waals surface area (Å²) >= 11 is 0. The molecule has 0 bridgehead atoms. The Labute approximate surface area is 119 Å². The van der Waals surface area contributed by atoms with Crippen LogP contribution in [0.2, 0.25) is 0 Å².